The third kappa shape index (κ3) is 12.0. The summed E-state index contributed by atoms with van der Waals surface area (Å²) in [6, 6.07) is -1.18. The number of nitrogens with two attached hydrogens (primary N) is 2. The standard InChI is InChI=1S/C11H19NO7.2ClH.2H2N.H2O.Pt/c1-2-5-9(16)10(17)8(11(18)19-5)12-6(13)3-4-7(14)15;;;;;;/h5,8-11,16-18H,2-4H2,1H3,(H,12,13)(H,14,15);2*1H;3*1H2;/q;;;2*-1;;+4/p-2/t5?,8-,9-,10-,11+;;;;;;/m1....../s1. The van der Waals surface area contributed by atoms with E-state index in [1.165, 1.54) is 0 Å². The molecule has 1 amide bonds. The number of hydrogen-bond donors (Lipinski definition) is 5. The van der Waals surface area contributed by atoms with Crippen molar-refractivity contribution in [2.45, 2.75) is 56.8 Å². The summed E-state index contributed by atoms with van der Waals surface area (Å²) in [4.78, 5) is 21.7. The molecule has 1 heterocycles. The number of carboxylic acids is 1. The molecular weight excluding hydrogens is 568 g/mol. The molecule has 1 aliphatic heterocycles. The minimum Gasteiger partial charge on any atom is -0.693 e. The van der Waals surface area contributed by atoms with Crippen molar-refractivity contribution in [3.05, 3.63) is 12.3 Å². The predicted molar refractivity (Wildman–Crippen MR) is 87.9 cm³/mol. The summed E-state index contributed by atoms with van der Waals surface area (Å²) in [5.74, 6) is -1.77. The number of aliphatic carboxylic acids is 1. The molecule has 11 N–H and O–H groups in total. The summed E-state index contributed by atoms with van der Waals surface area (Å²) in [5.41, 5.74) is 0. The number of carbonyl (C=O) groups excluding carboxylic acids is 1. The molecule has 0 radical (unpaired) electrons. The van der Waals surface area contributed by atoms with E-state index in [4.69, 9.17) is 28.7 Å². The maximum atomic E-state index is 11.4. The Bertz CT molecular complexity index is 372. The van der Waals surface area contributed by atoms with E-state index in [1.54, 1.807) is 6.92 Å². The van der Waals surface area contributed by atoms with Gasteiger partial charge in [0.15, 0.2) is 6.29 Å². The summed E-state index contributed by atoms with van der Waals surface area (Å²) >= 11 is -0.472. The van der Waals surface area contributed by atoms with Crippen molar-refractivity contribution >= 4 is 30.7 Å². The van der Waals surface area contributed by atoms with Crippen LogP contribution in [0.2, 0.25) is 0 Å². The van der Waals surface area contributed by atoms with Crippen LogP contribution < -0.4 is 5.32 Å². The zero-order valence-corrected chi connectivity index (χ0v) is 17.0. The van der Waals surface area contributed by atoms with Gasteiger partial charge in [-0.3, -0.25) is 9.59 Å². The van der Waals surface area contributed by atoms with Crippen LogP contribution in [0.3, 0.4) is 0 Å². The van der Waals surface area contributed by atoms with Crippen molar-refractivity contribution in [3.63, 3.8) is 0 Å². The molecule has 5 atom stereocenters. The molecule has 1 rings (SSSR count). The molecule has 0 aromatic carbocycles. The molecule has 25 heavy (non-hydrogen) atoms. The van der Waals surface area contributed by atoms with E-state index in [0.29, 0.717) is 6.42 Å². The second-order valence-corrected chi connectivity index (χ2v) is 7.77. The minimum atomic E-state index is -1.45. The Morgan fingerprint density at radius 3 is 2.00 bits per heavy atom. The van der Waals surface area contributed by atoms with Crippen LogP contribution in [-0.2, 0) is 30.8 Å². The number of nitrogens with one attached hydrogen (secondary N) is 1. The molecule has 0 saturated carbocycles. The molecule has 156 valence electrons. The van der Waals surface area contributed by atoms with Crippen molar-refractivity contribution in [1.29, 1.82) is 0 Å². The van der Waals surface area contributed by atoms with E-state index in [9.17, 15) is 24.9 Å². The molecular formula is C11H25Cl2N3O8Pt. The van der Waals surface area contributed by atoms with Gasteiger partial charge in [-0.05, 0) is 6.42 Å². The number of ether oxygens (including phenoxy) is 1. The predicted octanol–water partition coefficient (Wildman–Crippen LogP) is 0.171. The number of carbonyl (C=O) groups is 2. The number of hydrogen-bond acceptors (Lipinski definition) is 6. The fourth-order valence-electron chi connectivity index (χ4n) is 1.92. The summed E-state index contributed by atoms with van der Waals surface area (Å²) < 4.78 is 5.07. The first-order chi connectivity index (χ1) is 10.3. The monoisotopic (exact) mass is 592 g/mol. The quantitative estimate of drug-likeness (QED) is 0.296. The fourth-order valence-corrected chi connectivity index (χ4v) is 1.92. The van der Waals surface area contributed by atoms with Crippen LogP contribution >= 0.6 is 18.8 Å². The number of rotatable bonds is 5. The molecule has 0 spiro atoms. The Morgan fingerprint density at radius 2 is 1.60 bits per heavy atom. The molecule has 1 unspecified atom stereocenters. The van der Waals surface area contributed by atoms with Crippen LogP contribution in [-0.4, -0.2) is 68.4 Å². The van der Waals surface area contributed by atoms with E-state index < -0.39 is 59.0 Å². The second-order valence-electron chi connectivity index (χ2n) is 4.49. The average Bonchev–Trinajstić information content (AvgIpc) is 2.46. The van der Waals surface area contributed by atoms with Gasteiger partial charge in [-0.15, -0.1) is 0 Å². The summed E-state index contributed by atoms with van der Waals surface area (Å²) in [5, 5.41) is 39.9. The van der Waals surface area contributed by atoms with Crippen molar-refractivity contribution in [3.8, 4) is 0 Å². The number of halogens is 2. The summed E-state index contributed by atoms with van der Waals surface area (Å²) in [6.45, 7) is 1.72. The summed E-state index contributed by atoms with van der Waals surface area (Å²) in [6.07, 6.45) is -4.99. The Hall–Kier alpha value is -0.0717. The molecule has 0 aromatic heterocycles. The third-order valence-corrected chi connectivity index (χ3v) is 3.02. The minimum absolute atomic E-state index is 0. The molecule has 1 saturated heterocycles. The molecule has 0 aromatic rings. The van der Waals surface area contributed by atoms with Crippen molar-refractivity contribution in [1.82, 2.24) is 5.32 Å². The van der Waals surface area contributed by atoms with E-state index in [0.717, 1.165) is 0 Å². The number of carboxylic acid groups (broad SMARTS) is 1. The SMILES string of the molecule is CCC1O[C@H](O)[C@H](NC(=O)CCC(=O)O)[C@@H](O)[C@@H]1O.O.[Cl][Pt+2][Cl].[NH2-].[NH2-]. The van der Waals surface area contributed by atoms with E-state index in [2.05, 4.69) is 5.32 Å². The molecule has 0 bridgehead atoms. The molecule has 1 aliphatic rings. The van der Waals surface area contributed by atoms with Gasteiger partial charge in [0.2, 0.25) is 5.91 Å². The zero-order chi connectivity index (χ0) is 17.3. The molecule has 11 nitrogen and oxygen atoms in total. The van der Waals surface area contributed by atoms with Gasteiger partial charge >= 0.3 is 41.3 Å². The smallest absolute Gasteiger partial charge is 0.693 e. The maximum Gasteiger partial charge on any atom is -0.693 e. The van der Waals surface area contributed by atoms with Gasteiger partial charge in [0.25, 0.3) is 0 Å². The van der Waals surface area contributed by atoms with Crippen LogP contribution in [0.15, 0.2) is 0 Å². The van der Waals surface area contributed by atoms with Crippen molar-refractivity contribution < 1.29 is 56.7 Å². The van der Waals surface area contributed by atoms with Crippen molar-refractivity contribution in [2.75, 3.05) is 0 Å². The Morgan fingerprint density at radius 1 is 1.12 bits per heavy atom. The molecule has 0 aliphatic carbocycles. The van der Waals surface area contributed by atoms with Gasteiger partial charge in [0.05, 0.1) is 12.5 Å². The van der Waals surface area contributed by atoms with Gasteiger partial charge in [-0.1, -0.05) is 6.92 Å². The van der Waals surface area contributed by atoms with Gasteiger partial charge < -0.3 is 48.3 Å². The molecule has 1 fully saturated rings. The largest absolute Gasteiger partial charge is 0.693 e. The fraction of sp³-hybridized carbons (Fsp3) is 0.818. The topological polar surface area (TPSA) is 235 Å². The van der Waals surface area contributed by atoms with Crippen LogP contribution in [0.25, 0.3) is 12.3 Å². The van der Waals surface area contributed by atoms with E-state index in [1.807, 2.05) is 0 Å². The van der Waals surface area contributed by atoms with E-state index in [-0.39, 0.29) is 30.6 Å². The maximum absolute atomic E-state index is 11.4. The Labute approximate surface area is 161 Å². The van der Waals surface area contributed by atoms with Crippen LogP contribution in [0.4, 0.5) is 0 Å². The van der Waals surface area contributed by atoms with Gasteiger partial charge in [-0.25, -0.2) is 0 Å². The molecule has 14 heteroatoms. The number of aliphatic hydroxyl groups is 3. The van der Waals surface area contributed by atoms with Gasteiger partial charge in [0.1, 0.15) is 18.2 Å². The second kappa shape index (κ2) is 17.3. The Balaban J connectivity index is -0.000000342. The first kappa shape index (κ1) is 32.6. The summed E-state index contributed by atoms with van der Waals surface area (Å²) in [7, 11) is 9.75. The average molecular weight is 593 g/mol. The van der Waals surface area contributed by atoms with Gasteiger partial charge in [-0.2, -0.15) is 0 Å². The van der Waals surface area contributed by atoms with Crippen LogP contribution in [0.5, 0.6) is 0 Å². The Kier molecular flexibility index (Phi) is 22.6. The van der Waals surface area contributed by atoms with Crippen molar-refractivity contribution in [2.24, 2.45) is 0 Å². The third-order valence-electron chi connectivity index (χ3n) is 3.02. The van der Waals surface area contributed by atoms with Crippen LogP contribution in [0.1, 0.15) is 26.2 Å². The number of amides is 1. The van der Waals surface area contributed by atoms with E-state index >= 15 is 0 Å². The number of aliphatic hydroxyl groups excluding tert-OH is 3. The first-order valence-corrected chi connectivity index (χ1v) is 11.9. The van der Waals surface area contributed by atoms with Crippen LogP contribution in [0, 0.1) is 0 Å². The van der Waals surface area contributed by atoms with Gasteiger partial charge in [0, 0.05) is 6.42 Å². The normalized spacial score (nSPS) is 27.4. The zero-order valence-electron chi connectivity index (χ0n) is 13.2. The first-order valence-electron chi connectivity index (χ1n) is 6.31.